The maximum absolute atomic E-state index is 12.3. The van der Waals surface area contributed by atoms with Crippen molar-refractivity contribution in [2.75, 3.05) is 19.8 Å². The van der Waals surface area contributed by atoms with Crippen LogP contribution in [0.5, 0.6) is 0 Å². The van der Waals surface area contributed by atoms with Gasteiger partial charge >= 0.3 is 0 Å². The molecule has 0 aliphatic heterocycles. The van der Waals surface area contributed by atoms with E-state index in [1.54, 1.807) is 33.2 Å². The van der Waals surface area contributed by atoms with E-state index in [1.165, 1.54) is 24.0 Å². The third-order valence-corrected chi connectivity index (χ3v) is 5.27. The Labute approximate surface area is 140 Å². The molecule has 1 aromatic heterocycles. The number of carbonyl (C=O) groups is 2. The van der Waals surface area contributed by atoms with Gasteiger partial charge < -0.3 is 9.88 Å². The van der Waals surface area contributed by atoms with Gasteiger partial charge in [0.2, 0.25) is 0 Å². The predicted octanol–water partition coefficient (Wildman–Crippen LogP) is 1.77. The summed E-state index contributed by atoms with van der Waals surface area (Å²) in [6.45, 7) is 2.92. The highest BCUT2D eigenvalue weighted by atomic mass is 32.2. The highest BCUT2D eigenvalue weighted by molar-refractivity contribution is 7.91. The van der Waals surface area contributed by atoms with Gasteiger partial charge in [0.1, 0.15) is 11.4 Å². The van der Waals surface area contributed by atoms with Crippen LogP contribution in [0.3, 0.4) is 0 Å². The van der Waals surface area contributed by atoms with Crippen molar-refractivity contribution in [1.82, 2.24) is 14.9 Å². The number of aromatic amines is 1. The molecular formula is C16H19N3O4S. The number of sulfone groups is 1. The summed E-state index contributed by atoms with van der Waals surface area (Å²) in [6, 6.07) is 6.10. The summed E-state index contributed by atoms with van der Waals surface area (Å²) in [5, 5.41) is 0. The fourth-order valence-electron chi connectivity index (χ4n) is 2.11. The molecule has 0 saturated heterocycles. The number of aromatic nitrogens is 2. The molecule has 24 heavy (non-hydrogen) atoms. The van der Waals surface area contributed by atoms with E-state index < -0.39 is 9.84 Å². The lowest BCUT2D eigenvalue weighted by Crippen LogP contribution is -2.22. The van der Waals surface area contributed by atoms with E-state index >= 15 is 0 Å². The fourth-order valence-corrected chi connectivity index (χ4v) is 3.00. The van der Waals surface area contributed by atoms with Crippen molar-refractivity contribution in [3.8, 4) is 11.3 Å². The van der Waals surface area contributed by atoms with Gasteiger partial charge in [-0.2, -0.15) is 0 Å². The minimum atomic E-state index is -3.30. The molecule has 2 rings (SSSR count). The van der Waals surface area contributed by atoms with E-state index in [2.05, 4.69) is 9.97 Å². The van der Waals surface area contributed by atoms with Crippen LogP contribution in [-0.4, -0.2) is 54.8 Å². The van der Waals surface area contributed by atoms with Crippen molar-refractivity contribution in [3.63, 3.8) is 0 Å². The Kier molecular flexibility index (Phi) is 4.88. The van der Waals surface area contributed by atoms with Gasteiger partial charge in [-0.3, -0.25) is 9.59 Å². The largest absolute Gasteiger partial charge is 0.343 e. The van der Waals surface area contributed by atoms with E-state index in [1.807, 2.05) is 0 Å². The van der Waals surface area contributed by atoms with Crippen LogP contribution in [0.1, 0.15) is 35.0 Å². The fraction of sp³-hybridized carbons (Fsp3) is 0.312. The van der Waals surface area contributed by atoms with Gasteiger partial charge in [-0.1, -0.05) is 19.1 Å². The zero-order chi connectivity index (χ0) is 18.1. The van der Waals surface area contributed by atoms with Crippen LogP contribution in [0.2, 0.25) is 0 Å². The Morgan fingerprint density at radius 1 is 1.17 bits per heavy atom. The molecular weight excluding hydrogens is 330 g/mol. The van der Waals surface area contributed by atoms with Gasteiger partial charge in [0.05, 0.1) is 10.6 Å². The number of H-pyrrole nitrogens is 1. The topological polar surface area (TPSA) is 100 Å². The second kappa shape index (κ2) is 6.56. The number of carbonyl (C=O) groups excluding carboxylic acids is 2. The molecule has 0 aliphatic rings. The van der Waals surface area contributed by atoms with Gasteiger partial charge in [0, 0.05) is 26.6 Å². The van der Waals surface area contributed by atoms with Crippen molar-refractivity contribution in [2.24, 2.45) is 0 Å². The quantitative estimate of drug-likeness (QED) is 0.829. The molecule has 8 heteroatoms. The van der Waals surface area contributed by atoms with Gasteiger partial charge in [0.25, 0.3) is 5.91 Å². The molecule has 1 amide bonds. The first kappa shape index (κ1) is 17.9. The van der Waals surface area contributed by atoms with Gasteiger partial charge in [-0.05, 0) is 12.1 Å². The van der Waals surface area contributed by atoms with Crippen LogP contribution in [0.25, 0.3) is 11.3 Å². The SMILES string of the molecule is CCS(=O)(=O)c1ccc(-c2nc(C(C)=O)[nH]c2C(=O)N(C)C)cc1. The molecule has 7 nitrogen and oxygen atoms in total. The summed E-state index contributed by atoms with van der Waals surface area (Å²) >= 11 is 0. The maximum atomic E-state index is 12.3. The standard InChI is InChI=1S/C16H19N3O4S/c1-5-24(22,23)12-8-6-11(7-9-12)13-14(16(21)19(3)4)18-15(17-13)10(2)20/h6-9H,5H2,1-4H3,(H,17,18). The third kappa shape index (κ3) is 3.38. The molecule has 0 spiro atoms. The molecule has 0 atom stereocenters. The second-order valence-electron chi connectivity index (χ2n) is 5.49. The molecule has 0 unspecified atom stereocenters. The summed E-state index contributed by atoms with van der Waals surface area (Å²) < 4.78 is 23.8. The zero-order valence-electron chi connectivity index (χ0n) is 14.0. The summed E-state index contributed by atoms with van der Waals surface area (Å²) in [6.07, 6.45) is 0. The van der Waals surface area contributed by atoms with Crippen LogP contribution in [0, 0.1) is 0 Å². The molecule has 0 saturated carbocycles. The first-order valence-electron chi connectivity index (χ1n) is 7.33. The average molecular weight is 349 g/mol. The molecule has 1 aromatic carbocycles. The molecule has 0 fully saturated rings. The molecule has 2 aromatic rings. The third-order valence-electron chi connectivity index (χ3n) is 3.52. The number of nitrogens with one attached hydrogen (secondary N) is 1. The lowest BCUT2D eigenvalue weighted by atomic mass is 10.1. The van der Waals surface area contributed by atoms with Crippen LogP contribution >= 0.6 is 0 Å². The van der Waals surface area contributed by atoms with E-state index in [4.69, 9.17) is 0 Å². The van der Waals surface area contributed by atoms with Crippen molar-refractivity contribution in [3.05, 3.63) is 35.8 Å². The highest BCUT2D eigenvalue weighted by Crippen LogP contribution is 2.24. The number of nitrogens with zero attached hydrogens (tertiary/aromatic N) is 2. The van der Waals surface area contributed by atoms with Crippen molar-refractivity contribution < 1.29 is 18.0 Å². The molecule has 128 valence electrons. The Morgan fingerprint density at radius 3 is 2.21 bits per heavy atom. The number of hydrogen-bond acceptors (Lipinski definition) is 5. The highest BCUT2D eigenvalue weighted by Gasteiger charge is 2.22. The normalized spacial score (nSPS) is 11.3. The lowest BCUT2D eigenvalue weighted by Gasteiger charge is -2.10. The summed E-state index contributed by atoms with van der Waals surface area (Å²) in [5.41, 5.74) is 1.06. The van der Waals surface area contributed by atoms with E-state index in [0.29, 0.717) is 11.3 Å². The zero-order valence-corrected chi connectivity index (χ0v) is 14.8. The van der Waals surface area contributed by atoms with Crippen LogP contribution in [0.4, 0.5) is 0 Å². The predicted molar refractivity (Wildman–Crippen MR) is 89.8 cm³/mol. The molecule has 1 heterocycles. The van der Waals surface area contributed by atoms with Crippen LogP contribution in [-0.2, 0) is 9.84 Å². The first-order chi connectivity index (χ1) is 11.2. The van der Waals surface area contributed by atoms with Gasteiger partial charge in [0.15, 0.2) is 21.4 Å². The van der Waals surface area contributed by atoms with E-state index in [9.17, 15) is 18.0 Å². The summed E-state index contributed by atoms with van der Waals surface area (Å²) in [4.78, 5) is 32.4. The molecule has 1 N–H and O–H groups in total. The van der Waals surface area contributed by atoms with Gasteiger partial charge in [-0.25, -0.2) is 13.4 Å². The van der Waals surface area contributed by atoms with E-state index in [0.717, 1.165) is 0 Å². The molecule has 0 bridgehead atoms. The van der Waals surface area contributed by atoms with Crippen molar-refractivity contribution in [1.29, 1.82) is 0 Å². The summed E-state index contributed by atoms with van der Waals surface area (Å²) in [7, 11) is -0.114. The Balaban J connectivity index is 2.55. The smallest absolute Gasteiger partial charge is 0.272 e. The Morgan fingerprint density at radius 2 is 1.75 bits per heavy atom. The Bertz CT molecular complexity index is 881. The van der Waals surface area contributed by atoms with Crippen LogP contribution < -0.4 is 0 Å². The maximum Gasteiger partial charge on any atom is 0.272 e. The van der Waals surface area contributed by atoms with Crippen LogP contribution in [0.15, 0.2) is 29.2 Å². The van der Waals surface area contributed by atoms with E-state index in [-0.39, 0.29) is 33.9 Å². The molecule has 0 aliphatic carbocycles. The number of imidazole rings is 1. The monoisotopic (exact) mass is 349 g/mol. The number of ketones is 1. The second-order valence-corrected chi connectivity index (χ2v) is 7.77. The average Bonchev–Trinajstić information content (AvgIpc) is 2.99. The number of Topliss-reactive ketones (excluding diaryl/α,β-unsaturated/α-hetero) is 1. The Hall–Kier alpha value is -2.48. The first-order valence-corrected chi connectivity index (χ1v) is 8.98. The van der Waals surface area contributed by atoms with Gasteiger partial charge in [-0.15, -0.1) is 0 Å². The summed E-state index contributed by atoms with van der Waals surface area (Å²) in [5.74, 6) is -0.525. The number of benzene rings is 1. The molecule has 0 radical (unpaired) electrons. The number of hydrogen-bond donors (Lipinski definition) is 1. The number of amides is 1. The minimum absolute atomic E-state index is 0.00754. The minimum Gasteiger partial charge on any atom is -0.343 e. The number of rotatable bonds is 5. The lowest BCUT2D eigenvalue weighted by molar-refractivity contribution is 0.0823. The van der Waals surface area contributed by atoms with Crippen molar-refractivity contribution >= 4 is 21.5 Å². The van der Waals surface area contributed by atoms with Crippen molar-refractivity contribution in [2.45, 2.75) is 18.7 Å².